The van der Waals surface area contributed by atoms with E-state index >= 15 is 0 Å². The normalized spacial score (nSPS) is 11.6. The second-order valence-corrected chi connectivity index (χ2v) is 9.23. The molecule has 0 aliphatic heterocycles. The van der Waals surface area contributed by atoms with E-state index in [4.69, 9.17) is 32.7 Å². The number of hydrogen-bond acceptors (Lipinski definition) is 5. The van der Waals surface area contributed by atoms with E-state index in [1.54, 1.807) is 36.4 Å². The van der Waals surface area contributed by atoms with E-state index in [2.05, 4.69) is 4.98 Å². The summed E-state index contributed by atoms with van der Waals surface area (Å²) in [6.45, 7) is 0. The number of carbonyl (C=O) groups is 1. The van der Waals surface area contributed by atoms with Gasteiger partial charge in [-0.2, -0.15) is 0 Å². The Hall–Kier alpha value is -2.35. The minimum atomic E-state index is -3.52. The highest BCUT2D eigenvalue weighted by molar-refractivity contribution is 7.90. The van der Waals surface area contributed by atoms with Crippen LogP contribution in [-0.2, 0) is 21.1 Å². The number of carboxylic acids is 1. The van der Waals surface area contributed by atoms with Crippen LogP contribution in [0.1, 0.15) is 18.7 Å². The first-order chi connectivity index (χ1) is 13.7. The maximum Gasteiger partial charge on any atom is 0.303 e. The summed E-state index contributed by atoms with van der Waals surface area (Å²) in [5.74, 6) is -0.264. The fourth-order valence-electron chi connectivity index (χ4n) is 2.86. The van der Waals surface area contributed by atoms with Gasteiger partial charge >= 0.3 is 5.97 Å². The fraction of sp³-hybridized carbons (Fsp3) is 0.200. The van der Waals surface area contributed by atoms with Crippen LogP contribution in [0.5, 0.6) is 0 Å². The van der Waals surface area contributed by atoms with Crippen LogP contribution in [0, 0.1) is 0 Å². The van der Waals surface area contributed by atoms with Crippen LogP contribution in [0.2, 0.25) is 10.0 Å². The molecule has 0 saturated carbocycles. The quantitative estimate of drug-likeness (QED) is 0.532. The molecule has 0 saturated heterocycles. The lowest BCUT2D eigenvalue weighted by Gasteiger charge is -2.07. The van der Waals surface area contributed by atoms with Gasteiger partial charge in [-0.1, -0.05) is 41.4 Å². The summed E-state index contributed by atoms with van der Waals surface area (Å²) >= 11 is 12.1. The third kappa shape index (κ3) is 4.98. The van der Waals surface area contributed by atoms with Crippen LogP contribution >= 0.6 is 23.2 Å². The lowest BCUT2D eigenvalue weighted by molar-refractivity contribution is -0.137. The molecule has 0 amide bonds. The van der Waals surface area contributed by atoms with Crippen molar-refractivity contribution in [2.45, 2.75) is 24.2 Å². The van der Waals surface area contributed by atoms with Gasteiger partial charge in [-0.05, 0) is 30.7 Å². The molecule has 0 aliphatic rings. The summed E-state index contributed by atoms with van der Waals surface area (Å²) in [4.78, 5) is 15.4. The first kappa shape index (κ1) is 21.4. The second-order valence-electron chi connectivity index (χ2n) is 6.43. The molecule has 152 valence electrons. The zero-order valence-corrected chi connectivity index (χ0v) is 17.7. The Labute approximate surface area is 178 Å². The minimum absolute atomic E-state index is 0.0280. The zero-order valence-electron chi connectivity index (χ0n) is 15.4. The summed E-state index contributed by atoms with van der Waals surface area (Å²) in [5, 5.41) is 9.53. The van der Waals surface area contributed by atoms with Crippen molar-refractivity contribution in [2.24, 2.45) is 0 Å². The average molecular weight is 454 g/mol. The summed E-state index contributed by atoms with van der Waals surface area (Å²) in [6.07, 6.45) is 1.73. The number of oxazole rings is 1. The van der Waals surface area contributed by atoms with Crippen molar-refractivity contribution in [3.8, 4) is 22.6 Å². The monoisotopic (exact) mass is 453 g/mol. The van der Waals surface area contributed by atoms with Crippen LogP contribution in [0.4, 0.5) is 0 Å². The molecule has 1 heterocycles. The maximum absolute atomic E-state index is 12.3. The van der Waals surface area contributed by atoms with Gasteiger partial charge in [0.05, 0.1) is 14.9 Å². The first-order valence-corrected chi connectivity index (χ1v) is 11.3. The van der Waals surface area contributed by atoms with Crippen LogP contribution in [0.25, 0.3) is 22.6 Å². The molecule has 3 aromatic rings. The van der Waals surface area contributed by atoms with Gasteiger partial charge in [0.1, 0.15) is 5.69 Å². The number of aromatic nitrogens is 1. The lowest BCUT2D eigenvalue weighted by atomic mass is 10.1. The van der Waals surface area contributed by atoms with Crippen LogP contribution in [-0.4, -0.2) is 30.7 Å². The Morgan fingerprint density at radius 3 is 2.52 bits per heavy atom. The van der Waals surface area contributed by atoms with Crippen molar-refractivity contribution in [1.82, 2.24) is 4.98 Å². The number of rotatable bonds is 7. The van der Waals surface area contributed by atoms with Gasteiger partial charge in [0.25, 0.3) is 0 Å². The summed E-state index contributed by atoms with van der Waals surface area (Å²) in [6, 6.07) is 11.4. The van der Waals surface area contributed by atoms with Gasteiger partial charge in [-0.25, -0.2) is 13.4 Å². The predicted molar refractivity (Wildman–Crippen MR) is 111 cm³/mol. The molecule has 0 radical (unpaired) electrons. The third-order valence-electron chi connectivity index (χ3n) is 4.18. The third-order valence-corrected chi connectivity index (χ3v) is 6.07. The number of benzene rings is 2. The Morgan fingerprint density at radius 1 is 1.14 bits per heavy atom. The highest BCUT2D eigenvalue weighted by atomic mass is 35.5. The Balaban J connectivity index is 2.16. The first-order valence-electron chi connectivity index (χ1n) is 8.63. The molecular formula is C20H17Cl2NO5S. The Kier molecular flexibility index (Phi) is 6.31. The van der Waals surface area contributed by atoms with Crippen molar-refractivity contribution >= 4 is 39.0 Å². The van der Waals surface area contributed by atoms with Crippen LogP contribution < -0.4 is 0 Å². The topological polar surface area (TPSA) is 97.5 Å². The largest absolute Gasteiger partial charge is 0.481 e. The van der Waals surface area contributed by atoms with Gasteiger partial charge in [0.2, 0.25) is 0 Å². The van der Waals surface area contributed by atoms with Crippen molar-refractivity contribution in [2.75, 3.05) is 6.26 Å². The van der Waals surface area contributed by atoms with Crippen molar-refractivity contribution in [3.63, 3.8) is 0 Å². The number of hydrogen-bond donors (Lipinski definition) is 1. The number of sulfone groups is 1. The molecular weight excluding hydrogens is 437 g/mol. The van der Waals surface area contributed by atoms with E-state index in [-0.39, 0.29) is 11.3 Å². The van der Waals surface area contributed by atoms with Crippen molar-refractivity contribution in [3.05, 3.63) is 58.4 Å². The highest BCUT2D eigenvalue weighted by Gasteiger charge is 2.23. The minimum Gasteiger partial charge on any atom is -0.481 e. The van der Waals surface area contributed by atoms with E-state index < -0.39 is 15.8 Å². The Morgan fingerprint density at radius 2 is 1.86 bits per heavy atom. The van der Waals surface area contributed by atoms with E-state index in [0.717, 1.165) is 6.26 Å². The molecule has 0 spiro atoms. The van der Waals surface area contributed by atoms with Crippen molar-refractivity contribution < 1.29 is 22.7 Å². The lowest BCUT2D eigenvalue weighted by Crippen LogP contribution is -2.00. The molecule has 1 N–H and O–H groups in total. The number of aryl methyl sites for hydroxylation is 1. The van der Waals surface area contributed by atoms with Gasteiger partial charge < -0.3 is 9.52 Å². The SMILES string of the molecule is CS(=O)(=O)c1ccccc1-c1nc(CCCC(=O)O)oc1-c1ccc(Cl)c(Cl)c1. The standard InChI is InChI=1S/C20H17Cl2NO5S/c1-29(26,27)16-6-3-2-5-13(16)19-20(12-9-10-14(21)15(22)11-12)28-17(23-19)7-4-8-18(24)25/h2-3,5-6,9-11H,4,7-8H2,1H3,(H,24,25). The van der Waals surface area contributed by atoms with Gasteiger partial charge in [0, 0.05) is 30.2 Å². The molecule has 2 aromatic carbocycles. The second kappa shape index (κ2) is 8.57. The predicted octanol–water partition coefficient (Wildman–Crippen LogP) is 5.13. The zero-order chi connectivity index (χ0) is 21.2. The van der Waals surface area contributed by atoms with Gasteiger partial charge in [-0.15, -0.1) is 0 Å². The maximum atomic E-state index is 12.3. The van der Waals surface area contributed by atoms with Gasteiger partial charge in [-0.3, -0.25) is 4.79 Å². The molecule has 29 heavy (non-hydrogen) atoms. The average Bonchev–Trinajstić information content (AvgIpc) is 3.07. The summed E-state index contributed by atoms with van der Waals surface area (Å²) in [7, 11) is -3.52. The molecule has 6 nitrogen and oxygen atoms in total. The molecule has 3 rings (SSSR count). The van der Waals surface area contributed by atoms with Gasteiger partial charge in [0.15, 0.2) is 21.5 Å². The Bertz CT molecular complexity index is 1170. The van der Waals surface area contributed by atoms with Crippen LogP contribution in [0.3, 0.4) is 0 Å². The molecule has 9 heteroatoms. The van der Waals surface area contributed by atoms with E-state index in [0.29, 0.717) is 51.4 Å². The molecule has 0 aliphatic carbocycles. The number of aliphatic carboxylic acids is 1. The van der Waals surface area contributed by atoms with E-state index in [1.807, 2.05) is 0 Å². The molecule has 0 unspecified atom stereocenters. The van der Waals surface area contributed by atoms with Crippen molar-refractivity contribution in [1.29, 1.82) is 0 Å². The summed E-state index contributed by atoms with van der Waals surface area (Å²) in [5.41, 5.74) is 1.31. The van der Waals surface area contributed by atoms with E-state index in [1.165, 1.54) is 6.07 Å². The molecule has 0 bridgehead atoms. The molecule has 0 atom stereocenters. The summed E-state index contributed by atoms with van der Waals surface area (Å²) < 4.78 is 30.4. The molecule has 1 aromatic heterocycles. The number of nitrogens with zero attached hydrogens (tertiary/aromatic N) is 1. The molecule has 0 fully saturated rings. The van der Waals surface area contributed by atoms with Crippen LogP contribution in [0.15, 0.2) is 51.8 Å². The smallest absolute Gasteiger partial charge is 0.303 e. The fourth-order valence-corrected chi connectivity index (χ4v) is 4.05. The highest BCUT2D eigenvalue weighted by Crippen LogP contribution is 2.38. The number of halogens is 2. The van der Waals surface area contributed by atoms with E-state index in [9.17, 15) is 13.2 Å². The number of carboxylic acid groups (broad SMARTS) is 1.